The van der Waals surface area contributed by atoms with Gasteiger partial charge in [0.15, 0.2) is 5.82 Å². The Bertz CT molecular complexity index is 660. The van der Waals surface area contributed by atoms with E-state index < -0.39 is 0 Å². The largest absolute Gasteiger partial charge is 0.309 e. The highest BCUT2D eigenvalue weighted by Gasteiger charge is 2.32. The van der Waals surface area contributed by atoms with Crippen molar-refractivity contribution in [2.75, 3.05) is 5.32 Å². The van der Waals surface area contributed by atoms with Crippen LogP contribution in [0.4, 0.5) is 5.82 Å². The summed E-state index contributed by atoms with van der Waals surface area (Å²) in [6.45, 7) is 2.61. The molecule has 4 rings (SSSR count). The summed E-state index contributed by atoms with van der Waals surface area (Å²) in [5.74, 6) is 1.04. The van der Waals surface area contributed by atoms with Gasteiger partial charge in [-0.3, -0.25) is 14.8 Å². The molecule has 2 N–H and O–H groups in total. The predicted octanol–water partition coefficient (Wildman–Crippen LogP) is 2.27. The lowest BCUT2D eigenvalue weighted by Gasteiger charge is -2.15. The third kappa shape index (κ3) is 2.56. The summed E-state index contributed by atoms with van der Waals surface area (Å²) in [5, 5.41) is 10.3. The standard InChI is InChI=1S/C16H18N4O/c21-16(12-6-7-12)17-15-13-9-20(10-14(13)18-19-15)8-11-4-2-1-3-5-11/h1-5,12H,6-10H2,(H2,17,18,19,21). The second-order valence-corrected chi connectivity index (χ2v) is 5.92. The minimum absolute atomic E-state index is 0.116. The van der Waals surface area contributed by atoms with Crippen LogP contribution < -0.4 is 5.32 Å². The number of H-pyrrole nitrogens is 1. The fraction of sp³-hybridized carbons (Fsp3) is 0.375. The van der Waals surface area contributed by atoms with Crippen LogP contribution in [-0.2, 0) is 24.4 Å². The summed E-state index contributed by atoms with van der Waals surface area (Å²) in [7, 11) is 0. The van der Waals surface area contributed by atoms with E-state index in [0.29, 0.717) is 0 Å². The van der Waals surface area contributed by atoms with Gasteiger partial charge in [0.05, 0.1) is 5.69 Å². The minimum Gasteiger partial charge on any atom is -0.309 e. The number of benzene rings is 1. The quantitative estimate of drug-likeness (QED) is 0.904. The van der Waals surface area contributed by atoms with Crippen molar-refractivity contribution in [3.05, 3.63) is 47.2 Å². The molecule has 108 valence electrons. The predicted molar refractivity (Wildman–Crippen MR) is 79.3 cm³/mol. The van der Waals surface area contributed by atoms with Crippen molar-refractivity contribution in [1.82, 2.24) is 15.1 Å². The molecule has 2 aliphatic rings. The number of hydrogen-bond acceptors (Lipinski definition) is 3. The maximum absolute atomic E-state index is 11.9. The maximum atomic E-state index is 11.9. The Labute approximate surface area is 123 Å². The lowest BCUT2D eigenvalue weighted by molar-refractivity contribution is -0.117. The van der Waals surface area contributed by atoms with Gasteiger partial charge < -0.3 is 5.32 Å². The highest BCUT2D eigenvalue weighted by molar-refractivity contribution is 5.93. The van der Waals surface area contributed by atoms with Crippen LogP contribution in [0.5, 0.6) is 0 Å². The molecule has 0 spiro atoms. The zero-order valence-corrected chi connectivity index (χ0v) is 11.8. The molecule has 1 saturated carbocycles. The van der Waals surface area contributed by atoms with Gasteiger partial charge in [0.1, 0.15) is 0 Å². The van der Waals surface area contributed by atoms with Crippen molar-refractivity contribution in [3.8, 4) is 0 Å². The van der Waals surface area contributed by atoms with Crippen molar-refractivity contribution in [2.45, 2.75) is 32.5 Å². The molecule has 5 heteroatoms. The highest BCUT2D eigenvalue weighted by atomic mass is 16.2. The van der Waals surface area contributed by atoms with E-state index in [1.54, 1.807) is 0 Å². The normalized spacial score (nSPS) is 17.7. The smallest absolute Gasteiger partial charge is 0.228 e. The molecule has 1 aliphatic carbocycles. The van der Waals surface area contributed by atoms with E-state index in [1.165, 1.54) is 5.56 Å². The van der Waals surface area contributed by atoms with Crippen LogP contribution in [-0.4, -0.2) is 21.0 Å². The van der Waals surface area contributed by atoms with Gasteiger partial charge in [0.25, 0.3) is 0 Å². The maximum Gasteiger partial charge on any atom is 0.228 e. The Morgan fingerprint density at radius 2 is 2.10 bits per heavy atom. The SMILES string of the molecule is O=C(Nc1n[nH]c2c1CN(Cc1ccccc1)C2)C1CC1. The van der Waals surface area contributed by atoms with Crippen LogP contribution in [0, 0.1) is 5.92 Å². The molecule has 21 heavy (non-hydrogen) atoms. The molecule has 0 radical (unpaired) electrons. The second kappa shape index (κ2) is 5.00. The molecular formula is C16H18N4O. The van der Waals surface area contributed by atoms with E-state index in [-0.39, 0.29) is 11.8 Å². The van der Waals surface area contributed by atoms with Gasteiger partial charge in [-0.05, 0) is 18.4 Å². The fourth-order valence-electron chi connectivity index (χ4n) is 2.83. The molecule has 0 atom stereocenters. The summed E-state index contributed by atoms with van der Waals surface area (Å²) in [5.41, 5.74) is 3.57. The van der Waals surface area contributed by atoms with Crippen molar-refractivity contribution in [2.24, 2.45) is 5.92 Å². The number of anilines is 1. The van der Waals surface area contributed by atoms with E-state index in [0.717, 1.165) is 49.6 Å². The zero-order valence-electron chi connectivity index (χ0n) is 11.8. The van der Waals surface area contributed by atoms with E-state index in [1.807, 2.05) is 6.07 Å². The lowest BCUT2D eigenvalue weighted by Crippen LogP contribution is -2.18. The first-order valence-corrected chi connectivity index (χ1v) is 7.43. The van der Waals surface area contributed by atoms with Crippen molar-refractivity contribution in [1.29, 1.82) is 0 Å². The zero-order chi connectivity index (χ0) is 14.2. The third-order valence-corrected chi connectivity index (χ3v) is 4.15. The summed E-state index contributed by atoms with van der Waals surface area (Å²) < 4.78 is 0. The van der Waals surface area contributed by atoms with Crippen LogP contribution >= 0.6 is 0 Å². The molecular weight excluding hydrogens is 264 g/mol. The molecule has 0 saturated heterocycles. The molecule has 5 nitrogen and oxygen atoms in total. The number of hydrogen-bond donors (Lipinski definition) is 2. The summed E-state index contributed by atoms with van der Waals surface area (Å²) in [6, 6.07) is 10.4. The second-order valence-electron chi connectivity index (χ2n) is 5.92. The number of carbonyl (C=O) groups excluding carboxylic acids is 1. The lowest BCUT2D eigenvalue weighted by atomic mass is 10.2. The minimum atomic E-state index is 0.116. The summed E-state index contributed by atoms with van der Waals surface area (Å²) in [4.78, 5) is 14.2. The van der Waals surface area contributed by atoms with E-state index in [2.05, 4.69) is 44.7 Å². The van der Waals surface area contributed by atoms with Gasteiger partial charge in [-0.15, -0.1) is 0 Å². The molecule has 0 bridgehead atoms. The Balaban J connectivity index is 1.44. The number of rotatable bonds is 4. The van der Waals surface area contributed by atoms with Crippen LogP contribution in [0.1, 0.15) is 29.7 Å². The first-order chi connectivity index (χ1) is 10.3. The third-order valence-electron chi connectivity index (χ3n) is 4.15. The molecule has 1 aromatic heterocycles. The summed E-state index contributed by atoms with van der Waals surface area (Å²) in [6.07, 6.45) is 2.02. The van der Waals surface area contributed by atoms with Crippen LogP contribution in [0.25, 0.3) is 0 Å². The molecule has 1 amide bonds. The Morgan fingerprint density at radius 3 is 2.86 bits per heavy atom. The number of amides is 1. The molecule has 2 heterocycles. The van der Waals surface area contributed by atoms with E-state index >= 15 is 0 Å². The van der Waals surface area contributed by atoms with Crippen LogP contribution in [0.2, 0.25) is 0 Å². The molecule has 2 aromatic rings. The monoisotopic (exact) mass is 282 g/mol. The van der Waals surface area contributed by atoms with E-state index in [9.17, 15) is 4.79 Å². The highest BCUT2D eigenvalue weighted by Crippen LogP contribution is 2.32. The number of fused-ring (bicyclic) bond motifs is 1. The number of nitrogens with one attached hydrogen (secondary N) is 2. The number of carbonyl (C=O) groups is 1. The number of aromatic nitrogens is 2. The van der Waals surface area contributed by atoms with Gasteiger partial charge in [-0.2, -0.15) is 5.10 Å². The van der Waals surface area contributed by atoms with Gasteiger partial charge in [0.2, 0.25) is 5.91 Å². The van der Waals surface area contributed by atoms with E-state index in [4.69, 9.17) is 0 Å². The molecule has 1 aliphatic heterocycles. The van der Waals surface area contributed by atoms with Gasteiger partial charge in [-0.1, -0.05) is 30.3 Å². The van der Waals surface area contributed by atoms with Gasteiger partial charge in [0, 0.05) is 31.1 Å². The summed E-state index contributed by atoms with van der Waals surface area (Å²) >= 11 is 0. The first-order valence-electron chi connectivity index (χ1n) is 7.43. The molecule has 1 fully saturated rings. The van der Waals surface area contributed by atoms with Crippen molar-refractivity contribution in [3.63, 3.8) is 0 Å². The van der Waals surface area contributed by atoms with Crippen molar-refractivity contribution >= 4 is 11.7 Å². The first kappa shape index (κ1) is 12.6. The van der Waals surface area contributed by atoms with Gasteiger partial charge >= 0.3 is 0 Å². The van der Waals surface area contributed by atoms with Crippen LogP contribution in [0.3, 0.4) is 0 Å². The topological polar surface area (TPSA) is 61.0 Å². The van der Waals surface area contributed by atoms with Crippen molar-refractivity contribution < 1.29 is 4.79 Å². The molecule has 1 aromatic carbocycles. The Kier molecular flexibility index (Phi) is 3.00. The van der Waals surface area contributed by atoms with Crippen LogP contribution in [0.15, 0.2) is 30.3 Å². The van der Waals surface area contributed by atoms with Gasteiger partial charge in [-0.25, -0.2) is 0 Å². The number of nitrogens with zero attached hydrogens (tertiary/aromatic N) is 2. The average molecular weight is 282 g/mol. The number of aromatic amines is 1. The fourth-order valence-corrected chi connectivity index (χ4v) is 2.83. The Morgan fingerprint density at radius 1 is 1.29 bits per heavy atom. The Hall–Kier alpha value is -2.14. The molecule has 0 unspecified atom stereocenters. The average Bonchev–Trinajstić information content (AvgIpc) is 3.18.